The molecule has 2 rings (SSSR count). The standard InChI is InChI=1S/C22H25NO5/c1-3-4-7-16-10-12-17(13-11-16)19(24)15-28-21(25)14-23-22(26)18-8-5-6-9-20(18)27-2/h5-6,8-13H,3-4,7,14-15H2,1-2H3,(H,23,26). The van der Waals surface area contributed by atoms with Crippen molar-refractivity contribution in [1.29, 1.82) is 0 Å². The van der Waals surface area contributed by atoms with Gasteiger partial charge in [0, 0.05) is 5.56 Å². The van der Waals surface area contributed by atoms with E-state index in [1.54, 1.807) is 36.4 Å². The first-order chi connectivity index (χ1) is 13.5. The molecule has 6 heteroatoms. The Kier molecular flexibility index (Phi) is 8.21. The molecule has 0 heterocycles. The summed E-state index contributed by atoms with van der Waals surface area (Å²) in [6.07, 6.45) is 3.20. The van der Waals surface area contributed by atoms with Gasteiger partial charge in [0.05, 0.1) is 12.7 Å². The van der Waals surface area contributed by atoms with E-state index in [0.717, 1.165) is 19.3 Å². The molecule has 0 aliphatic rings. The molecule has 28 heavy (non-hydrogen) atoms. The number of hydrogen-bond donors (Lipinski definition) is 1. The molecule has 0 spiro atoms. The fourth-order valence-corrected chi connectivity index (χ4v) is 2.60. The van der Waals surface area contributed by atoms with Crippen molar-refractivity contribution in [3.05, 3.63) is 65.2 Å². The van der Waals surface area contributed by atoms with Gasteiger partial charge in [-0.05, 0) is 30.5 Å². The predicted octanol–water partition coefficient (Wildman–Crippen LogP) is 3.19. The first-order valence-corrected chi connectivity index (χ1v) is 9.24. The van der Waals surface area contributed by atoms with Gasteiger partial charge >= 0.3 is 5.97 Å². The lowest BCUT2D eigenvalue weighted by atomic mass is 10.0. The minimum absolute atomic E-state index is 0.286. The van der Waals surface area contributed by atoms with Gasteiger partial charge in [-0.3, -0.25) is 14.4 Å². The Balaban J connectivity index is 1.78. The van der Waals surface area contributed by atoms with E-state index in [2.05, 4.69) is 12.2 Å². The molecule has 0 saturated carbocycles. The number of ketones is 1. The molecular formula is C22H25NO5. The highest BCUT2D eigenvalue weighted by Gasteiger charge is 2.14. The van der Waals surface area contributed by atoms with Gasteiger partial charge in [-0.15, -0.1) is 0 Å². The third-order valence-electron chi connectivity index (χ3n) is 4.20. The molecule has 0 radical (unpaired) electrons. The summed E-state index contributed by atoms with van der Waals surface area (Å²) in [6, 6.07) is 14.0. The molecule has 0 saturated heterocycles. The molecule has 6 nitrogen and oxygen atoms in total. The maximum atomic E-state index is 12.1. The minimum Gasteiger partial charge on any atom is -0.496 e. The van der Waals surface area contributed by atoms with E-state index in [1.807, 2.05) is 12.1 Å². The van der Waals surface area contributed by atoms with Crippen LogP contribution in [0.15, 0.2) is 48.5 Å². The largest absolute Gasteiger partial charge is 0.496 e. The zero-order valence-corrected chi connectivity index (χ0v) is 16.2. The van der Waals surface area contributed by atoms with Gasteiger partial charge in [0.25, 0.3) is 5.91 Å². The van der Waals surface area contributed by atoms with Crippen molar-refractivity contribution in [2.24, 2.45) is 0 Å². The van der Waals surface area contributed by atoms with Crippen molar-refractivity contribution in [3.63, 3.8) is 0 Å². The maximum absolute atomic E-state index is 12.1. The number of ether oxygens (including phenoxy) is 2. The number of rotatable bonds is 10. The summed E-state index contributed by atoms with van der Waals surface area (Å²) >= 11 is 0. The summed E-state index contributed by atoms with van der Waals surface area (Å²) in [7, 11) is 1.46. The van der Waals surface area contributed by atoms with Crippen LogP contribution < -0.4 is 10.1 Å². The quantitative estimate of drug-likeness (QED) is 0.503. The van der Waals surface area contributed by atoms with Crippen LogP contribution in [0.5, 0.6) is 5.75 Å². The number of nitrogens with one attached hydrogen (secondary N) is 1. The number of carbonyl (C=O) groups excluding carboxylic acids is 3. The second-order valence-electron chi connectivity index (χ2n) is 6.27. The molecule has 0 aliphatic heterocycles. The van der Waals surface area contributed by atoms with Crippen molar-refractivity contribution in [2.45, 2.75) is 26.2 Å². The van der Waals surface area contributed by atoms with Crippen LogP contribution in [-0.2, 0) is 16.0 Å². The van der Waals surface area contributed by atoms with E-state index in [-0.39, 0.29) is 18.9 Å². The minimum atomic E-state index is -0.684. The smallest absolute Gasteiger partial charge is 0.325 e. The fraction of sp³-hybridized carbons (Fsp3) is 0.318. The average molecular weight is 383 g/mol. The highest BCUT2D eigenvalue weighted by Crippen LogP contribution is 2.16. The summed E-state index contributed by atoms with van der Waals surface area (Å²) < 4.78 is 10.1. The number of carbonyl (C=O) groups is 3. The van der Waals surface area contributed by atoms with Crippen LogP contribution in [0, 0.1) is 0 Å². The van der Waals surface area contributed by atoms with E-state index < -0.39 is 11.9 Å². The summed E-state index contributed by atoms with van der Waals surface area (Å²) in [4.78, 5) is 36.1. The highest BCUT2D eigenvalue weighted by atomic mass is 16.5. The zero-order chi connectivity index (χ0) is 20.4. The molecule has 1 N–H and O–H groups in total. The third-order valence-corrected chi connectivity index (χ3v) is 4.20. The number of hydrogen-bond acceptors (Lipinski definition) is 5. The van der Waals surface area contributed by atoms with Gasteiger partial charge in [0.2, 0.25) is 0 Å². The number of aryl methyl sites for hydroxylation is 1. The Labute approximate surface area is 164 Å². The Morgan fingerprint density at radius 3 is 2.39 bits per heavy atom. The zero-order valence-electron chi connectivity index (χ0n) is 16.2. The Hall–Kier alpha value is -3.15. The molecule has 2 aromatic rings. The number of Topliss-reactive ketones (excluding diaryl/α,β-unsaturated/α-hetero) is 1. The number of para-hydroxylation sites is 1. The van der Waals surface area contributed by atoms with Crippen LogP contribution >= 0.6 is 0 Å². The molecule has 0 aromatic heterocycles. The van der Waals surface area contributed by atoms with Gasteiger partial charge in [-0.1, -0.05) is 49.7 Å². The predicted molar refractivity (Wildman–Crippen MR) is 106 cm³/mol. The van der Waals surface area contributed by atoms with E-state index in [4.69, 9.17) is 9.47 Å². The van der Waals surface area contributed by atoms with Crippen molar-refractivity contribution >= 4 is 17.7 Å². The molecule has 0 unspecified atom stereocenters. The van der Waals surface area contributed by atoms with Crippen LogP contribution in [0.4, 0.5) is 0 Å². The van der Waals surface area contributed by atoms with Crippen molar-refractivity contribution in [2.75, 3.05) is 20.3 Å². The topological polar surface area (TPSA) is 81.7 Å². The molecule has 0 atom stereocenters. The van der Waals surface area contributed by atoms with Gasteiger partial charge in [0.15, 0.2) is 12.4 Å². The first-order valence-electron chi connectivity index (χ1n) is 9.24. The summed E-state index contributed by atoms with van der Waals surface area (Å²) in [5.74, 6) is -1.02. The summed E-state index contributed by atoms with van der Waals surface area (Å²) in [6.45, 7) is 1.43. The first kappa shape index (κ1) is 21.2. The van der Waals surface area contributed by atoms with E-state index >= 15 is 0 Å². The van der Waals surface area contributed by atoms with Crippen LogP contribution in [0.1, 0.15) is 46.0 Å². The Bertz CT molecular complexity index is 814. The van der Waals surface area contributed by atoms with Crippen LogP contribution in [0.3, 0.4) is 0 Å². The number of methoxy groups -OCH3 is 1. The average Bonchev–Trinajstić information content (AvgIpc) is 2.74. The SMILES string of the molecule is CCCCc1ccc(C(=O)COC(=O)CNC(=O)c2ccccc2OC)cc1. The van der Waals surface area contributed by atoms with Crippen LogP contribution in [-0.4, -0.2) is 37.9 Å². The number of unbranched alkanes of at least 4 members (excludes halogenated alkanes) is 1. The molecule has 0 fully saturated rings. The van der Waals surface area contributed by atoms with Gasteiger partial charge in [-0.2, -0.15) is 0 Å². The maximum Gasteiger partial charge on any atom is 0.325 e. The van der Waals surface area contributed by atoms with Crippen molar-refractivity contribution in [3.8, 4) is 5.75 Å². The molecule has 0 aliphatic carbocycles. The number of amides is 1. The van der Waals surface area contributed by atoms with E-state index in [1.165, 1.54) is 12.7 Å². The van der Waals surface area contributed by atoms with Crippen molar-refractivity contribution < 1.29 is 23.9 Å². The van der Waals surface area contributed by atoms with Gasteiger partial charge in [-0.25, -0.2) is 0 Å². The molecule has 2 aromatic carbocycles. The number of esters is 1. The van der Waals surface area contributed by atoms with Gasteiger partial charge in [0.1, 0.15) is 12.3 Å². The number of benzene rings is 2. The second-order valence-corrected chi connectivity index (χ2v) is 6.27. The lowest BCUT2D eigenvalue weighted by molar-refractivity contribution is -0.141. The Morgan fingerprint density at radius 2 is 1.71 bits per heavy atom. The second kappa shape index (κ2) is 10.9. The molecule has 1 amide bonds. The van der Waals surface area contributed by atoms with Crippen LogP contribution in [0.25, 0.3) is 0 Å². The summed E-state index contributed by atoms with van der Waals surface area (Å²) in [5.41, 5.74) is 1.98. The van der Waals surface area contributed by atoms with Crippen molar-refractivity contribution in [1.82, 2.24) is 5.32 Å². The lowest BCUT2D eigenvalue weighted by Gasteiger charge is -2.09. The summed E-state index contributed by atoms with van der Waals surface area (Å²) in [5, 5.41) is 2.46. The fourth-order valence-electron chi connectivity index (χ4n) is 2.60. The van der Waals surface area contributed by atoms with E-state index in [0.29, 0.717) is 16.9 Å². The molecular weight excluding hydrogens is 358 g/mol. The molecule has 148 valence electrons. The Morgan fingerprint density at radius 1 is 1.00 bits per heavy atom. The monoisotopic (exact) mass is 383 g/mol. The molecule has 0 bridgehead atoms. The lowest BCUT2D eigenvalue weighted by Crippen LogP contribution is -2.31. The van der Waals surface area contributed by atoms with Gasteiger partial charge < -0.3 is 14.8 Å². The van der Waals surface area contributed by atoms with E-state index in [9.17, 15) is 14.4 Å². The third kappa shape index (κ3) is 6.23. The highest BCUT2D eigenvalue weighted by molar-refractivity contribution is 5.99. The normalized spacial score (nSPS) is 10.2. The van der Waals surface area contributed by atoms with Crippen LogP contribution in [0.2, 0.25) is 0 Å².